The zero-order valence-corrected chi connectivity index (χ0v) is 11.4. The van der Waals surface area contributed by atoms with Crippen molar-refractivity contribution in [2.24, 2.45) is 0 Å². The van der Waals surface area contributed by atoms with E-state index in [9.17, 15) is 8.42 Å². The molecule has 1 aromatic rings. The summed E-state index contributed by atoms with van der Waals surface area (Å²) >= 11 is 0. The normalized spacial score (nSPS) is 20.9. The Hall–Kier alpha value is -1.49. The molecule has 1 saturated heterocycles. The van der Waals surface area contributed by atoms with Crippen molar-refractivity contribution < 1.29 is 13.2 Å². The molecule has 2 heterocycles. The molecule has 7 heteroatoms. The van der Waals surface area contributed by atoms with Gasteiger partial charge >= 0.3 is 0 Å². The van der Waals surface area contributed by atoms with Crippen molar-refractivity contribution in [2.75, 3.05) is 6.61 Å². The highest BCUT2D eigenvalue weighted by Crippen LogP contribution is 2.17. The van der Waals surface area contributed by atoms with Crippen LogP contribution >= 0.6 is 0 Å². The van der Waals surface area contributed by atoms with Gasteiger partial charge in [0.25, 0.3) is 0 Å². The molecule has 2 unspecified atom stereocenters. The maximum atomic E-state index is 12.1. The number of pyridine rings is 1. The van der Waals surface area contributed by atoms with Crippen molar-refractivity contribution in [2.45, 2.75) is 36.8 Å². The van der Waals surface area contributed by atoms with Crippen LogP contribution in [-0.2, 0) is 14.8 Å². The van der Waals surface area contributed by atoms with E-state index in [0.717, 1.165) is 12.8 Å². The molecule has 0 bridgehead atoms. The molecule has 1 N–H and O–H groups in total. The summed E-state index contributed by atoms with van der Waals surface area (Å²) in [5, 5.41) is 8.63. The zero-order chi connectivity index (χ0) is 13.9. The second kappa shape index (κ2) is 5.65. The maximum absolute atomic E-state index is 12.1. The summed E-state index contributed by atoms with van der Waals surface area (Å²) in [5.74, 6) is 0. The largest absolute Gasteiger partial charge is 0.377 e. The predicted octanol–water partition coefficient (Wildman–Crippen LogP) is 0.799. The number of nitrogens with one attached hydrogen (secondary N) is 1. The molecule has 1 fully saturated rings. The van der Waals surface area contributed by atoms with E-state index in [1.54, 1.807) is 6.92 Å². The molecule has 2 atom stereocenters. The fraction of sp³-hybridized carbons (Fsp3) is 0.500. The van der Waals surface area contributed by atoms with Gasteiger partial charge in [-0.15, -0.1) is 0 Å². The van der Waals surface area contributed by atoms with E-state index in [4.69, 9.17) is 10.00 Å². The van der Waals surface area contributed by atoms with E-state index >= 15 is 0 Å². The smallest absolute Gasteiger partial charge is 0.242 e. The maximum Gasteiger partial charge on any atom is 0.242 e. The number of rotatable bonds is 4. The summed E-state index contributed by atoms with van der Waals surface area (Å²) in [6, 6.07) is 4.31. The number of nitrogens with zero attached hydrogens (tertiary/aromatic N) is 2. The fourth-order valence-corrected chi connectivity index (χ4v) is 3.21. The second-order valence-electron chi connectivity index (χ2n) is 4.45. The molecule has 0 saturated carbocycles. The number of aromatic nitrogens is 1. The lowest BCUT2D eigenvalue weighted by atomic mass is 10.1. The van der Waals surface area contributed by atoms with Gasteiger partial charge in [-0.2, -0.15) is 5.26 Å². The first-order chi connectivity index (χ1) is 9.03. The third-order valence-electron chi connectivity index (χ3n) is 3.02. The monoisotopic (exact) mass is 281 g/mol. The van der Waals surface area contributed by atoms with Crippen LogP contribution in [0.2, 0.25) is 0 Å². The van der Waals surface area contributed by atoms with E-state index in [2.05, 4.69) is 9.71 Å². The first-order valence-electron chi connectivity index (χ1n) is 6.03. The number of hydrogen-bond donors (Lipinski definition) is 1. The number of nitriles is 1. The summed E-state index contributed by atoms with van der Waals surface area (Å²) in [7, 11) is -3.62. The van der Waals surface area contributed by atoms with Gasteiger partial charge in [0, 0.05) is 18.8 Å². The van der Waals surface area contributed by atoms with Crippen LogP contribution in [0.5, 0.6) is 0 Å². The Morgan fingerprint density at radius 2 is 2.37 bits per heavy atom. The van der Waals surface area contributed by atoms with Crippen LogP contribution in [0.15, 0.2) is 23.2 Å². The van der Waals surface area contributed by atoms with Gasteiger partial charge in [-0.25, -0.2) is 18.1 Å². The van der Waals surface area contributed by atoms with E-state index in [1.807, 2.05) is 6.07 Å². The molecular weight excluding hydrogens is 266 g/mol. The Bertz CT molecular complexity index is 571. The molecule has 102 valence electrons. The quantitative estimate of drug-likeness (QED) is 0.881. The highest BCUT2D eigenvalue weighted by molar-refractivity contribution is 7.89. The van der Waals surface area contributed by atoms with E-state index in [1.165, 1.54) is 18.3 Å². The van der Waals surface area contributed by atoms with Crippen molar-refractivity contribution in [1.82, 2.24) is 9.71 Å². The Kier molecular flexibility index (Phi) is 4.14. The van der Waals surface area contributed by atoms with Crippen molar-refractivity contribution in [3.05, 3.63) is 24.0 Å². The number of hydrogen-bond acceptors (Lipinski definition) is 5. The SMILES string of the molecule is CC(NS(=O)(=O)c1ccc(C#N)nc1)C1CCCO1. The van der Waals surface area contributed by atoms with Gasteiger partial charge < -0.3 is 4.74 Å². The average Bonchev–Trinajstić information content (AvgIpc) is 2.92. The Morgan fingerprint density at radius 3 is 2.89 bits per heavy atom. The Labute approximate surface area is 112 Å². The third kappa shape index (κ3) is 3.29. The molecule has 19 heavy (non-hydrogen) atoms. The molecule has 0 amide bonds. The second-order valence-corrected chi connectivity index (χ2v) is 6.17. The lowest BCUT2D eigenvalue weighted by Crippen LogP contribution is -2.40. The van der Waals surface area contributed by atoms with Gasteiger partial charge in [0.05, 0.1) is 6.10 Å². The Morgan fingerprint density at radius 1 is 1.58 bits per heavy atom. The van der Waals surface area contributed by atoms with Crippen LogP contribution in [0.3, 0.4) is 0 Å². The summed E-state index contributed by atoms with van der Waals surface area (Å²) in [5.41, 5.74) is 0.186. The number of sulfonamides is 1. The fourth-order valence-electron chi connectivity index (χ4n) is 1.99. The topological polar surface area (TPSA) is 92.1 Å². The van der Waals surface area contributed by atoms with Gasteiger partial charge in [0.1, 0.15) is 16.7 Å². The first-order valence-corrected chi connectivity index (χ1v) is 7.51. The van der Waals surface area contributed by atoms with Crippen LogP contribution in [0.4, 0.5) is 0 Å². The molecule has 1 aliphatic rings. The predicted molar refractivity (Wildman–Crippen MR) is 67.7 cm³/mol. The summed E-state index contributed by atoms with van der Waals surface area (Å²) in [4.78, 5) is 3.81. The van der Waals surface area contributed by atoms with Gasteiger partial charge in [-0.1, -0.05) is 0 Å². The molecule has 0 aromatic carbocycles. The van der Waals surface area contributed by atoms with Crippen LogP contribution in [0.25, 0.3) is 0 Å². The van der Waals surface area contributed by atoms with E-state index in [-0.39, 0.29) is 22.7 Å². The molecule has 0 spiro atoms. The Balaban J connectivity index is 2.10. The van der Waals surface area contributed by atoms with Crippen molar-refractivity contribution in [3.63, 3.8) is 0 Å². The summed E-state index contributed by atoms with van der Waals surface area (Å²) < 4.78 is 32.2. The summed E-state index contributed by atoms with van der Waals surface area (Å²) in [6.07, 6.45) is 2.91. The van der Waals surface area contributed by atoms with Crippen LogP contribution in [0.1, 0.15) is 25.5 Å². The van der Waals surface area contributed by atoms with Gasteiger partial charge in [-0.05, 0) is 31.9 Å². The molecule has 1 aromatic heterocycles. The highest BCUT2D eigenvalue weighted by atomic mass is 32.2. The van der Waals surface area contributed by atoms with Gasteiger partial charge in [0.2, 0.25) is 10.0 Å². The molecular formula is C12H15N3O3S. The molecule has 2 rings (SSSR count). The van der Waals surface area contributed by atoms with Crippen molar-refractivity contribution in [3.8, 4) is 6.07 Å². The minimum atomic E-state index is -3.62. The highest BCUT2D eigenvalue weighted by Gasteiger charge is 2.27. The van der Waals surface area contributed by atoms with Crippen molar-refractivity contribution >= 4 is 10.0 Å². The standard InChI is InChI=1S/C12H15N3O3S/c1-9(12-3-2-6-18-12)15-19(16,17)11-5-4-10(7-13)14-8-11/h4-5,8-9,12,15H,2-3,6H2,1H3. The van der Waals surface area contributed by atoms with E-state index in [0.29, 0.717) is 6.61 Å². The number of ether oxygens (including phenoxy) is 1. The zero-order valence-electron chi connectivity index (χ0n) is 10.5. The van der Waals surface area contributed by atoms with Gasteiger partial charge in [0.15, 0.2) is 0 Å². The molecule has 0 aliphatic carbocycles. The molecule has 0 radical (unpaired) electrons. The minimum Gasteiger partial charge on any atom is -0.377 e. The van der Waals surface area contributed by atoms with Gasteiger partial charge in [-0.3, -0.25) is 0 Å². The lowest BCUT2D eigenvalue weighted by molar-refractivity contribution is 0.0902. The van der Waals surface area contributed by atoms with Crippen LogP contribution in [-0.4, -0.2) is 32.2 Å². The first kappa shape index (κ1) is 13.9. The molecule has 6 nitrogen and oxygen atoms in total. The van der Waals surface area contributed by atoms with Crippen LogP contribution in [0, 0.1) is 11.3 Å². The lowest BCUT2D eigenvalue weighted by Gasteiger charge is -2.19. The van der Waals surface area contributed by atoms with Crippen LogP contribution < -0.4 is 4.72 Å². The molecule has 1 aliphatic heterocycles. The van der Waals surface area contributed by atoms with E-state index < -0.39 is 10.0 Å². The minimum absolute atomic E-state index is 0.0522. The van der Waals surface area contributed by atoms with Crippen molar-refractivity contribution in [1.29, 1.82) is 5.26 Å². The average molecular weight is 281 g/mol. The summed E-state index contributed by atoms with van der Waals surface area (Å²) in [6.45, 7) is 2.46. The third-order valence-corrected chi connectivity index (χ3v) is 4.57.